The van der Waals surface area contributed by atoms with Crippen LogP contribution in [0.5, 0.6) is 0 Å². The molecule has 0 aliphatic carbocycles. The number of amides is 1. The van der Waals surface area contributed by atoms with E-state index in [4.69, 9.17) is 8.83 Å². The fourth-order valence-corrected chi connectivity index (χ4v) is 3.41. The van der Waals surface area contributed by atoms with Crippen LogP contribution in [0.15, 0.2) is 57.8 Å². The van der Waals surface area contributed by atoms with E-state index in [2.05, 4.69) is 30.7 Å². The van der Waals surface area contributed by atoms with E-state index in [1.165, 1.54) is 0 Å². The minimum absolute atomic E-state index is 0.125. The monoisotopic (exact) mass is 390 g/mol. The molecule has 9 nitrogen and oxygen atoms in total. The van der Waals surface area contributed by atoms with Gasteiger partial charge in [-0.05, 0) is 12.1 Å². The van der Waals surface area contributed by atoms with E-state index < -0.39 is 5.91 Å². The zero-order chi connectivity index (χ0) is 19.6. The number of hydrogen-bond acceptors (Lipinski definition) is 8. The first kappa shape index (κ1) is 17.4. The molecule has 2 N–H and O–H groups in total. The number of pyridine rings is 1. The van der Waals surface area contributed by atoms with Gasteiger partial charge in [0.15, 0.2) is 0 Å². The van der Waals surface area contributed by atoms with Gasteiger partial charge in [-0.1, -0.05) is 18.2 Å². The van der Waals surface area contributed by atoms with Crippen molar-refractivity contribution >= 4 is 28.3 Å². The summed E-state index contributed by atoms with van der Waals surface area (Å²) in [6.45, 7) is 3.49. The highest BCUT2D eigenvalue weighted by atomic mass is 16.4. The van der Waals surface area contributed by atoms with E-state index in [1.54, 1.807) is 18.7 Å². The number of carbonyl (C=O) groups is 1. The number of carbonyl (C=O) groups excluding carboxylic acids is 1. The topological polar surface area (TPSA) is 109 Å². The number of nitrogens with zero attached hydrogens (tertiary/aromatic N) is 4. The summed E-state index contributed by atoms with van der Waals surface area (Å²) in [5, 5.41) is 14.9. The van der Waals surface area contributed by atoms with Crippen LogP contribution in [0.25, 0.3) is 22.4 Å². The van der Waals surface area contributed by atoms with E-state index in [9.17, 15) is 4.79 Å². The van der Waals surface area contributed by atoms with Crippen molar-refractivity contribution in [1.29, 1.82) is 0 Å². The molecule has 0 unspecified atom stereocenters. The van der Waals surface area contributed by atoms with E-state index in [1.807, 2.05) is 30.3 Å². The second-order valence-electron chi connectivity index (χ2n) is 6.64. The quantitative estimate of drug-likeness (QED) is 0.547. The lowest BCUT2D eigenvalue weighted by molar-refractivity contribution is 0.0991. The predicted molar refractivity (Wildman–Crippen MR) is 107 cm³/mol. The SMILES string of the molecule is O=C(Nc1cnccc1N1CCNCC1)c1nnc(-c2coc3ccccc23)o1. The number of benzene rings is 1. The van der Waals surface area contributed by atoms with Crippen molar-refractivity contribution in [2.75, 3.05) is 36.4 Å². The molecule has 0 spiro atoms. The Kier molecular flexibility index (Phi) is 4.41. The number of aromatic nitrogens is 3. The molecule has 4 aromatic rings. The fourth-order valence-electron chi connectivity index (χ4n) is 3.41. The highest BCUT2D eigenvalue weighted by Gasteiger charge is 2.21. The summed E-state index contributed by atoms with van der Waals surface area (Å²) in [4.78, 5) is 19.0. The molecule has 9 heteroatoms. The number of nitrogens with one attached hydrogen (secondary N) is 2. The Labute approximate surface area is 165 Å². The number of piperazine rings is 1. The van der Waals surface area contributed by atoms with E-state index >= 15 is 0 Å². The lowest BCUT2D eigenvalue weighted by Crippen LogP contribution is -2.43. The van der Waals surface area contributed by atoms with Crippen molar-refractivity contribution in [2.24, 2.45) is 0 Å². The van der Waals surface area contributed by atoms with Crippen LogP contribution in [0.3, 0.4) is 0 Å². The van der Waals surface area contributed by atoms with Gasteiger partial charge in [0.25, 0.3) is 5.89 Å². The standard InChI is InChI=1S/C20H18N6O3/c27-18(23-15-11-22-6-5-16(15)26-9-7-21-8-10-26)20-25-24-19(29-20)14-12-28-17-4-2-1-3-13(14)17/h1-6,11-12,21H,7-10H2,(H,23,27). The molecular formula is C20H18N6O3. The first-order chi connectivity index (χ1) is 14.3. The first-order valence-electron chi connectivity index (χ1n) is 9.31. The van der Waals surface area contributed by atoms with Gasteiger partial charge >= 0.3 is 11.8 Å². The number of para-hydroxylation sites is 1. The summed E-state index contributed by atoms with van der Waals surface area (Å²) in [6.07, 6.45) is 4.88. The summed E-state index contributed by atoms with van der Waals surface area (Å²) >= 11 is 0. The molecule has 1 aliphatic rings. The van der Waals surface area contributed by atoms with Crippen LogP contribution in [0.4, 0.5) is 11.4 Å². The van der Waals surface area contributed by atoms with Crippen LogP contribution in [0.2, 0.25) is 0 Å². The Bertz CT molecular complexity index is 1160. The largest absolute Gasteiger partial charge is 0.463 e. The number of fused-ring (bicyclic) bond motifs is 1. The van der Waals surface area contributed by atoms with Gasteiger partial charge in [0.05, 0.1) is 23.1 Å². The smallest absolute Gasteiger partial charge is 0.313 e. The molecule has 0 atom stereocenters. The van der Waals surface area contributed by atoms with Crippen LogP contribution >= 0.6 is 0 Å². The van der Waals surface area contributed by atoms with E-state index in [-0.39, 0.29) is 11.8 Å². The summed E-state index contributed by atoms with van der Waals surface area (Å²) < 4.78 is 11.1. The molecule has 1 saturated heterocycles. The van der Waals surface area contributed by atoms with Crippen molar-refractivity contribution in [1.82, 2.24) is 20.5 Å². The van der Waals surface area contributed by atoms with Gasteiger partial charge < -0.3 is 24.4 Å². The molecule has 0 radical (unpaired) electrons. The van der Waals surface area contributed by atoms with Crippen molar-refractivity contribution in [3.8, 4) is 11.5 Å². The minimum Gasteiger partial charge on any atom is -0.463 e. The molecule has 146 valence electrons. The number of rotatable bonds is 4. The van der Waals surface area contributed by atoms with Crippen molar-refractivity contribution in [3.63, 3.8) is 0 Å². The Morgan fingerprint density at radius 2 is 2.00 bits per heavy atom. The van der Waals surface area contributed by atoms with Gasteiger partial charge in [-0.25, -0.2) is 0 Å². The maximum Gasteiger partial charge on any atom is 0.313 e. The van der Waals surface area contributed by atoms with Gasteiger partial charge in [0.1, 0.15) is 11.8 Å². The third-order valence-electron chi connectivity index (χ3n) is 4.83. The van der Waals surface area contributed by atoms with Crippen LogP contribution in [0, 0.1) is 0 Å². The van der Waals surface area contributed by atoms with Crippen molar-refractivity contribution < 1.29 is 13.6 Å². The van der Waals surface area contributed by atoms with E-state index in [0.717, 1.165) is 37.3 Å². The third kappa shape index (κ3) is 3.32. The normalized spacial score (nSPS) is 14.3. The molecule has 1 amide bonds. The summed E-state index contributed by atoms with van der Waals surface area (Å²) in [5.41, 5.74) is 2.88. The number of furan rings is 1. The van der Waals surface area contributed by atoms with Crippen LogP contribution in [-0.2, 0) is 0 Å². The Morgan fingerprint density at radius 1 is 1.14 bits per heavy atom. The molecule has 1 aliphatic heterocycles. The summed E-state index contributed by atoms with van der Waals surface area (Å²) in [7, 11) is 0. The average molecular weight is 390 g/mol. The van der Waals surface area contributed by atoms with Crippen LogP contribution in [0.1, 0.15) is 10.7 Å². The number of anilines is 2. The average Bonchev–Trinajstić information content (AvgIpc) is 3.42. The lowest BCUT2D eigenvalue weighted by atomic mass is 10.2. The number of hydrogen-bond donors (Lipinski definition) is 2. The summed E-state index contributed by atoms with van der Waals surface area (Å²) in [5.74, 6) is -0.380. The molecule has 29 heavy (non-hydrogen) atoms. The molecule has 1 fully saturated rings. The second kappa shape index (κ2) is 7.36. The van der Waals surface area contributed by atoms with Gasteiger partial charge in [0.2, 0.25) is 0 Å². The van der Waals surface area contributed by atoms with Gasteiger partial charge in [0, 0.05) is 37.8 Å². The van der Waals surface area contributed by atoms with Crippen molar-refractivity contribution in [2.45, 2.75) is 0 Å². The molecule has 4 heterocycles. The lowest BCUT2D eigenvalue weighted by Gasteiger charge is -2.30. The Morgan fingerprint density at radius 3 is 2.90 bits per heavy atom. The van der Waals surface area contributed by atoms with Gasteiger partial charge in [-0.3, -0.25) is 9.78 Å². The zero-order valence-corrected chi connectivity index (χ0v) is 15.5. The summed E-state index contributed by atoms with van der Waals surface area (Å²) in [6, 6.07) is 9.41. The van der Waals surface area contributed by atoms with Gasteiger partial charge in [-0.15, -0.1) is 10.2 Å². The molecule has 5 rings (SSSR count). The second-order valence-corrected chi connectivity index (χ2v) is 6.64. The third-order valence-corrected chi connectivity index (χ3v) is 4.83. The van der Waals surface area contributed by atoms with Gasteiger partial charge in [-0.2, -0.15) is 0 Å². The zero-order valence-electron chi connectivity index (χ0n) is 15.5. The fraction of sp³-hybridized carbons (Fsp3) is 0.200. The van der Waals surface area contributed by atoms with Crippen LogP contribution < -0.4 is 15.5 Å². The predicted octanol–water partition coefficient (Wildman–Crippen LogP) is 2.54. The Balaban J connectivity index is 1.39. The van der Waals surface area contributed by atoms with Crippen LogP contribution in [-0.4, -0.2) is 47.3 Å². The highest BCUT2D eigenvalue weighted by Crippen LogP contribution is 2.30. The first-order valence-corrected chi connectivity index (χ1v) is 9.31. The molecule has 1 aromatic carbocycles. The maximum absolute atomic E-state index is 12.7. The molecule has 3 aromatic heterocycles. The Hall–Kier alpha value is -3.72. The molecule has 0 bridgehead atoms. The maximum atomic E-state index is 12.7. The molecule has 0 saturated carbocycles. The molecular weight excluding hydrogens is 372 g/mol. The highest BCUT2D eigenvalue weighted by molar-refractivity contribution is 6.03. The van der Waals surface area contributed by atoms with Crippen molar-refractivity contribution in [3.05, 3.63) is 54.9 Å². The van der Waals surface area contributed by atoms with E-state index in [0.29, 0.717) is 16.8 Å². The minimum atomic E-state index is -0.485.